The first kappa shape index (κ1) is 20.9. The molecule has 2 unspecified atom stereocenters. The Balaban J connectivity index is 1.64. The molecule has 4 rings (SSSR count). The third kappa shape index (κ3) is 3.75. The van der Waals surface area contributed by atoms with Gasteiger partial charge in [-0.25, -0.2) is 9.59 Å². The highest BCUT2D eigenvalue weighted by Gasteiger charge is 2.38. The SMILES string of the molecule is CC(C)(C)C1CN(c2ccn3c(=O)n(C4CCC(=O)NC4=O)nc3c2)CCN1C(=O)O. The Morgan fingerprint density at radius 3 is 2.61 bits per heavy atom. The zero-order chi connectivity index (χ0) is 22.5. The average molecular weight is 430 g/mol. The summed E-state index contributed by atoms with van der Waals surface area (Å²) in [5.74, 6) is -0.881. The number of piperazine rings is 1. The lowest BCUT2D eigenvalue weighted by molar-refractivity contribution is -0.136. The van der Waals surface area contributed by atoms with E-state index < -0.39 is 23.7 Å². The minimum atomic E-state index is -0.926. The minimum absolute atomic E-state index is 0.157. The Labute approximate surface area is 178 Å². The zero-order valence-electron chi connectivity index (χ0n) is 17.7. The molecular weight excluding hydrogens is 404 g/mol. The van der Waals surface area contributed by atoms with Crippen molar-refractivity contribution in [3.8, 4) is 0 Å². The number of aromatic nitrogens is 3. The van der Waals surface area contributed by atoms with Gasteiger partial charge in [-0.05, 0) is 17.9 Å². The van der Waals surface area contributed by atoms with Gasteiger partial charge in [0.25, 0.3) is 5.91 Å². The fraction of sp³-hybridized carbons (Fsp3) is 0.550. The molecule has 166 valence electrons. The smallest absolute Gasteiger partial charge is 0.407 e. The molecular formula is C20H26N6O5. The number of nitrogens with zero attached hydrogens (tertiary/aromatic N) is 5. The van der Waals surface area contributed by atoms with Gasteiger partial charge < -0.3 is 14.9 Å². The van der Waals surface area contributed by atoms with Crippen molar-refractivity contribution in [3.63, 3.8) is 0 Å². The van der Waals surface area contributed by atoms with E-state index in [9.17, 15) is 24.3 Å². The molecule has 2 atom stereocenters. The normalized spacial score (nSPS) is 22.7. The van der Waals surface area contributed by atoms with Crippen LogP contribution in [-0.2, 0) is 9.59 Å². The third-order valence-electron chi connectivity index (χ3n) is 6.03. The molecule has 11 nitrogen and oxygen atoms in total. The number of amides is 3. The highest BCUT2D eigenvalue weighted by Crippen LogP contribution is 2.30. The van der Waals surface area contributed by atoms with Gasteiger partial charge in [0.15, 0.2) is 5.65 Å². The van der Waals surface area contributed by atoms with Gasteiger partial charge in [0.1, 0.15) is 6.04 Å². The number of hydrogen-bond acceptors (Lipinski definition) is 6. The number of carboxylic acid groups (broad SMARTS) is 1. The van der Waals surface area contributed by atoms with Crippen LogP contribution < -0.4 is 15.9 Å². The number of carbonyl (C=O) groups is 3. The first-order valence-corrected chi connectivity index (χ1v) is 10.3. The van der Waals surface area contributed by atoms with E-state index in [1.165, 1.54) is 9.30 Å². The standard InChI is InChI=1S/C20H26N6O5/c1-20(2,3)14-11-23(8-9-24(14)19(30)31)12-6-7-25-15(10-12)22-26(18(25)29)13-4-5-16(27)21-17(13)28/h6-7,10,13-14H,4-5,8-9,11H2,1-3H3,(H,30,31)(H,21,27,28). The fourth-order valence-corrected chi connectivity index (χ4v) is 4.28. The number of anilines is 1. The summed E-state index contributed by atoms with van der Waals surface area (Å²) >= 11 is 0. The van der Waals surface area contributed by atoms with E-state index in [-0.39, 0.29) is 30.2 Å². The number of rotatable bonds is 2. The minimum Gasteiger partial charge on any atom is -0.465 e. The molecule has 2 fully saturated rings. The van der Waals surface area contributed by atoms with E-state index in [1.54, 1.807) is 18.3 Å². The zero-order valence-corrected chi connectivity index (χ0v) is 17.7. The summed E-state index contributed by atoms with van der Waals surface area (Å²) in [6.07, 6.45) is 1.07. The van der Waals surface area contributed by atoms with E-state index >= 15 is 0 Å². The highest BCUT2D eigenvalue weighted by molar-refractivity contribution is 5.99. The third-order valence-corrected chi connectivity index (χ3v) is 6.03. The Morgan fingerprint density at radius 1 is 1.23 bits per heavy atom. The fourth-order valence-electron chi connectivity index (χ4n) is 4.28. The number of fused-ring (bicyclic) bond motifs is 1. The molecule has 31 heavy (non-hydrogen) atoms. The summed E-state index contributed by atoms with van der Waals surface area (Å²) in [6.45, 7) is 7.46. The maximum Gasteiger partial charge on any atom is 0.407 e. The Morgan fingerprint density at radius 2 is 1.97 bits per heavy atom. The molecule has 2 aliphatic heterocycles. The molecule has 2 aromatic heterocycles. The van der Waals surface area contributed by atoms with Crippen molar-refractivity contribution >= 4 is 29.2 Å². The van der Waals surface area contributed by atoms with Crippen LogP contribution in [0, 0.1) is 5.41 Å². The van der Waals surface area contributed by atoms with E-state index in [0.29, 0.717) is 25.3 Å². The predicted molar refractivity (Wildman–Crippen MR) is 111 cm³/mol. The first-order valence-electron chi connectivity index (χ1n) is 10.3. The number of pyridine rings is 1. The van der Waals surface area contributed by atoms with Gasteiger partial charge in [-0.1, -0.05) is 20.8 Å². The summed E-state index contributed by atoms with van der Waals surface area (Å²) in [6, 6.07) is 2.54. The predicted octanol–water partition coefficient (Wildman–Crippen LogP) is 0.688. The van der Waals surface area contributed by atoms with Gasteiger partial charge in [0.2, 0.25) is 5.91 Å². The maximum atomic E-state index is 12.8. The van der Waals surface area contributed by atoms with Crippen LogP contribution in [0.3, 0.4) is 0 Å². The van der Waals surface area contributed by atoms with Crippen molar-refractivity contribution in [3.05, 3.63) is 28.8 Å². The van der Waals surface area contributed by atoms with Gasteiger partial charge in [0.05, 0.1) is 6.04 Å². The summed E-state index contributed by atoms with van der Waals surface area (Å²) in [4.78, 5) is 51.6. The number of imide groups is 1. The van der Waals surface area contributed by atoms with Crippen LogP contribution in [0.4, 0.5) is 10.5 Å². The molecule has 0 aliphatic carbocycles. The quantitative estimate of drug-likeness (QED) is 0.671. The number of hydrogen-bond donors (Lipinski definition) is 2. The van der Waals surface area contributed by atoms with Crippen LogP contribution in [0.1, 0.15) is 39.7 Å². The van der Waals surface area contributed by atoms with Crippen LogP contribution in [-0.4, -0.2) is 67.8 Å². The average Bonchev–Trinajstić information content (AvgIpc) is 3.02. The Kier molecular flexibility index (Phi) is 4.98. The topological polar surface area (TPSA) is 129 Å². The molecule has 0 spiro atoms. The van der Waals surface area contributed by atoms with E-state index in [0.717, 1.165) is 10.4 Å². The van der Waals surface area contributed by atoms with Gasteiger partial charge in [0, 0.05) is 44.0 Å². The van der Waals surface area contributed by atoms with Crippen molar-refractivity contribution in [1.29, 1.82) is 0 Å². The summed E-state index contributed by atoms with van der Waals surface area (Å²) < 4.78 is 2.49. The molecule has 4 heterocycles. The van der Waals surface area contributed by atoms with E-state index in [4.69, 9.17) is 0 Å². The van der Waals surface area contributed by atoms with Crippen molar-refractivity contribution in [2.45, 2.75) is 45.7 Å². The molecule has 2 aliphatic rings. The lowest BCUT2D eigenvalue weighted by atomic mass is 9.84. The second-order valence-electron chi connectivity index (χ2n) is 9.11. The maximum absolute atomic E-state index is 12.8. The molecule has 2 aromatic rings. The Hall–Kier alpha value is -3.37. The van der Waals surface area contributed by atoms with Crippen LogP contribution in [0.5, 0.6) is 0 Å². The highest BCUT2D eigenvalue weighted by atomic mass is 16.4. The van der Waals surface area contributed by atoms with Gasteiger partial charge in [-0.3, -0.25) is 19.3 Å². The molecule has 3 amide bonds. The molecule has 0 saturated carbocycles. The van der Waals surface area contributed by atoms with Gasteiger partial charge in [-0.2, -0.15) is 4.68 Å². The second-order valence-corrected chi connectivity index (χ2v) is 9.11. The molecule has 0 radical (unpaired) electrons. The molecule has 0 bridgehead atoms. The van der Waals surface area contributed by atoms with Crippen LogP contribution in [0.2, 0.25) is 0 Å². The second kappa shape index (κ2) is 7.40. The van der Waals surface area contributed by atoms with E-state index in [2.05, 4.69) is 15.3 Å². The van der Waals surface area contributed by atoms with Crippen LogP contribution in [0.25, 0.3) is 5.65 Å². The largest absolute Gasteiger partial charge is 0.465 e. The molecule has 2 saturated heterocycles. The number of nitrogens with one attached hydrogen (secondary N) is 1. The van der Waals surface area contributed by atoms with Gasteiger partial charge >= 0.3 is 11.8 Å². The Bertz CT molecular complexity index is 1110. The summed E-state index contributed by atoms with van der Waals surface area (Å²) in [5, 5.41) is 16.2. The lowest BCUT2D eigenvalue weighted by Crippen LogP contribution is -2.59. The molecule has 0 aromatic carbocycles. The summed E-state index contributed by atoms with van der Waals surface area (Å²) in [5.41, 5.74) is 0.526. The van der Waals surface area contributed by atoms with E-state index in [1.807, 2.05) is 20.8 Å². The van der Waals surface area contributed by atoms with Crippen LogP contribution in [0.15, 0.2) is 23.1 Å². The van der Waals surface area contributed by atoms with Crippen molar-refractivity contribution in [2.75, 3.05) is 24.5 Å². The number of piperidine rings is 1. The van der Waals surface area contributed by atoms with Crippen LogP contribution >= 0.6 is 0 Å². The van der Waals surface area contributed by atoms with Gasteiger partial charge in [-0.15, -0.1) is 5.10 Å². The summed E-state index contributed by atoms with van der Waals surface area (Å²) in [7, 11) is 0. The number of carbonyl (C=O) groups excluding carboxylic acids is 2. The van der Waals surface area contributed by atoms with Crippen molar-refractivity contribution < 1.29 is 19.5 Å². The monoisotopic (exact) mass is 430 g/mol. The molecule has 2 N–H and O–H groups in total. The van der Waals surface area contributed by atoms with Crippen molar-refractivity contribution in [2.24, 2.45) is 5.41 Å². The van der Waals surface area contributed by atoms with Crippen molar-refractivity contribution in [1.82, 2.24) is 24.4 Å². The first-order chi connectivity index (χ1) is 14.6. The lowest BCUT2D eigenvalue weighted by Gasteiger charge is -2.46. The molecule has 11 heteroatoms.